The molecule has 0 aliphatic rings. The summed E-state index contributed by atoms with van der Waals surface area (Å²) in [6.45, 7) is 0. The van der Waals surface area contributed by atoms with E-state index >= 15 is 0 Å². The van der Waals surface area contributed by atoms with Gasteiger partial charge in [0.2, 0.25) is 0 Å². The van der Waals surface area contributed by atoms with Crippen LogP contribution in [0.3, 0.4) is 0 Å². The summed E-state index contributed by atoms with van der Waals surface area (Å²) in [6.07, 6.45) is 0. The number of oxazole rings is 1. The van der Waals surface area contributed by atoms with Crippen molar-refractivity contribution in [2.45, 2.75) is 5.22 Å². The fourth-order valence-corrected chi connectivity index (χ4v) is 1.41. The molecule has 2 rings (SSSR count). The number of nitrogens with zero attached hydrogens (tertiary/aromatic N) is 2. The zero-order valence-electron chi connectivity index (χ0n) is 7.31. The predicted octanol–water partition coefficient (Wildman–Crippen LogP) is 2.00. The molecule has 0 atom stereocenters. The molecule has 0 N–H and O–H groups in total. The van der Waals surface area contributed by atoms with Crippen molar-refractivity contribution in [3.05, 3.63) is 17.7 Å². The molecule has 1 aromatic carbocycles. The Bertz CT molecular complexity index is 527. The fraction of sp³-hybridized carbons (Fsp3) is 0.111. The normalized spacial score (nSPS) is 10.1. The number of benzene rings is 1. The first-order valence-electron chi connectivity index (χ1n) is 3.82. The van der Waals surface area contributed by atoms with Gasteiger partial charge in [0.1, 0.15) is 17.3 Å². The molecule has 0 unspecified atom stereocenters. The Kier molecular flexibility index (Phi) is 2.06. The second-order valence-electron chi connectivity index (χ2n) is 2.63. The average molecular weight is 206 g/mol. The second-order valence-corrected chi connectivity index (χ2v) is 3.01. The molecule has 0 fully saturated rings. The molecule has 0 saturated heterocycles. The molecule has 5 heteroatoms. The summed E-state index contributed by atoms with van der Waals surface area (Å²) in [4.78, 5) is 3.99. The van der Waals surface area contributed by atoms with E-state index in [2.05, 4.69) is 17.6 Å². The lowest BCUT2D eigenvalue weighted by Crippen LogP contribution is -1.87. The van der Waals surface area contributed by atoms with Crippen LogP contribution in [0.5, 0.6) is 5.75 Å². The van der Waals surface area contributed by atoms with Crippen LogP contribution in [0.25, 0.3) is 11.1 Å². The summed E-state index contributed by atoms with van der Waals surface area (Å²) in [5.41, 5.74) is 1.60. The van der Waals surface area contributed by atoms with Crippen LogP contribution >= 0.6 is 12.6 Å². The third-order valence-corrected chi connectivity index (χ3v) is 2.01. The number of thiol groups is 1. The van der Waals surface area contributed by atoms with Crippen molar-refractivity contribution >= 4 is 23.7 Å². The van der Waals surface area contributed by atoms with Crippen LogP contribution in [0.4, 0.5) is 0 Å². The van der Waals surface area contributed by atoms with E-state index in [-0.39, 0.29) is 5.22 Å². The van der Waals surface area contributed by atoms with Crippen molar-refractivity contribution in [1.82, 2.24) is 4.98 Å². The molecule has 70 valence electrons. The van der Waals surface area contributed by atoms with Gasteiger partial charge in [0.15, 0.2) is 5.58 Å². The summed E-state index contributed by atoms with van der Waals surface area (Å²) >= 11 is 3.97. The standard InChI is InChI=1S/C9H6N2O2S/c1-12-7-3-8-6(2-5(7)4-10)11-9(14)13-8/h2-3H,1H3,(H,11,14). The molecule has 0 saturated carbocycles. The Hall–Kier alpha value is -1.67. The SMILES string of the molecule is COc1cc2oc(S)nc2cc1C#N. The van der Waals surface area contributed by atoms with Crippen molar-refractivity contribution in [2.24, 2.45) is 0 Å². The Morgan fingerprint density at radius 2 is 2.36 bits per heavy atom. The van der Waals surface area contributed by atoms with Gasteiger partial charge in [-0.25, -0.2) is 4.98 Å². The monoisotopic (exact) mass is 206 g/mol. The highest BCUT2D eigenvalue weighted by Crippen LogP contribution is 2.26. The highest BCUT2D eigenvalue weighted by Gasteiger charge is 2.09. The van der Waals surface area contributed by atoms with Crippen LogP contribution in [0.2, 0.25) is 0 Å². The van der Waals surface area contributed by atoms with E-state index in [9.17, 15) is 0 Å². The van der Waals surface area contributed by atoms with E-state index in [4.69, 9.17) is 14.4 Å². The molecule has 14 heavy (non-hydrogen) atoms. The van der Waals surface area contributed by atoms with Gasteiger partial charge in [-0.2, -0.15) is 5.26 Å². The van der Waals surface area contributed by atoms with Crippen molar-refractivity contribution in [2.75, 3.05) is 7.11 Å². The molecule has 0 aliphatic carbocycles. The first kappa shape index (κ1) is 8.91. The highest BCUT2D eigenvalue weighted by molar-refractivity contribution is 7.80. The quantitative estimate of drug-likeness (QED) is 0.725. The number of hydrogen-bond donors (Lipinski definition) is 1. The smallest absolute Gasteiger partial charge is 0.253 e. The summed E-state index contributed by atoms with van der Waals surface area (Å²) in [6, 6.07) is 5.25. The second kappa shape index (κ2) is 3.24. The van der Waals surface area contributed by atoms with Crippen LogP contribution in [0.15, 0.2) is 21.8 Å². The van der Waals surface area contributed by atoms with Crippen LogP contribution in [-0.4, -0.2) is 12.1 Å². The Labute approximate surface area is 85.5 Å². The number of aromatic nitrogens is 1. The third-order valence-electron chi connectivity index (χ3n) is 1.82. The summed E-state index contributed by atoms with van der Waals surface area (Å²) in [5.74, 6) is 0.476. The molecule has 1 aromatic heterocycles. The van der Waals surface area contributed by atoms with Crippen molar-refractivity contribution < 1.29 is 9.15 Å². The first-order chi connectivity index (χ1) is 6.74. The van der Waals surface area contributed by atoms with Gasteiger partial charge in [0.05, 0.1) is 12.7 Å². The maximum atomic E-state index is 8.81. The lowest BCUT2D eigenvalue weighted by molar-refractivity contribution is 0.412. The molecule has 0 amide bonds. The van der Waals surface area contributed by atoms with Gasteiger partial charge in [-0.3, -0.25) is 0 Å². The van der Waals surface area contributed by atoms with E-state index in [1.807, 2.05) is 6.07 Å². The molecule has 0 aliphatic heterocycles. The molecule has 4 nitrogen and oxygen atoms in total. The number of fused-ring (bicyclic) bond motifs is 1. The lowest BCUT2D eigenvalue weighted by atomic mass is 10.2. The van der Waals surface area contributed by atoms with Crippen LogP contribution in [-0.2, 0) is 0 Å². The summed E-state index contributed by atoms with van der Waals surface area (Å²) in [7, 11) is 1.50. The van der Waals surface area contributed by atoms with Crippen molar-refractivity contribution in [3.8, 4) is 11.8 Å². The number of rotatable bonds is 1. The molecule has 2 aromatic rings. The summed E-state index contributed by atoms with van der Waals surface area (Å²) < 4.78 is 10.2. The minimum atomic E-state index is 0.275. The lowest BCUT2D eigenvalue weighted by Gasteiger charge is -2.00. The topological polar surface area (TPSA) is 59.1 Å². The van der Waals surface area contributed by atoms with E-state index in [0.29, 0.717) is 22.4 Å². The van der Waals surface area contributed by atoms with Gasteiger partial charge in [-0.05, 0) is 6.07 Å². The molecular weight excluding hydrogens is 200 g/mol. The van der Waals surface area contributed by atoms with E-state index < -0.39 is 0 Å². The minimum absolute atomic E-state index is 0.275. The van der Waals surface area contributed by atoms with E-state index in [0.717, 1.165) is 0 Å². The number of ether oxygens (including phenoxy) is 1. The molecule has 0 bridgehead atoms. The third kappa shape index (κ3) is 1.30. The predicted molar refractivity (Wildman–Crippen MR) is 52.5 cm³/mol. The minimum Gasteiger partial charge on any atom is -0.495 e. The number of hydrogen-bond acceptors (Lipinski definition) is 5. The number of methoxy groups -OCH3 is 1. The average Bonchev–Trinajstić information content (AvgIpc) is 2.54. The van der Waals surface area contributed by atoms with E-state index in [1.165, 1.54) is 7.11 Å². The zero-order valence-corrected chi connectivity index (χ0v) is 8.21. The Morgan fingerprint density at radius 3 is 3.00 bits per heavy atom. The van der Waals surface area contributed by atoms with Crippen LogP contribution in [0, 0.1) is 11.3 Å². The maximum Gasteiger partial charge on any atom is 0.253 e. The van der Waals surface area contributed by atoms with Gasteiger partial charge in [-0.15, -0.1) is 0 Å². The Balaban J connectivity index is 2.76. The number of nitriles is 1. The molecule has 1 heterocycles. The highest BCUT2D eigenvalue weighted by atomic mass is 32.1. The van der Waals surface area contributed by atoms with Crippen molar-refractivity contribution in [1.29, 1.82) is 5.26 Å². The fourth-order valence-electron chi connectivity index (χ4n) is 1.20. The summed E-state index contributed by atoms with van der Waals surface area (Å²) in [5, 5.41) is 9.08. The molecule has 0 spiro atoms. The zero-order chi connectivity index (χ0) is 10.1. The maximum absolute atomic E-state index is 8.81. The van der Waals surface area contributed by atoms with Crippen LogP contribution in [0.1, 0.15) is 5.56 Å². The first-order valence-corrected chi connectivity index (χ1v) is 4.27. The molecular formula is C9H6N2O2S. The van der Waals surface area contributed by atoms with Gasteiger partial charge in [0.25, 0.3) is 5.22 Å². The van der Waals surface area contributed by atoms with Crippen LogP contribution < -0.4 is 4.74 Å². The Morgan fingerprint density at radius 1 is 1.57 bits per heavy atom. The van der Waals surface area contributed by atoms with Gasteiger partial charge in [-0.1, -0.05) is 12.6 Å². The van der Waals surface area contributed by atoms with Crippen molar-refractivity contribution in [3.63, 3.8) is 0 Å². The van der Waals surface area contributed by atoms with Gasteiger partial charge < -0.3 is 9.15 Å². The molecule has 0 radical (unpaired) electrons. The van der Waals surface area contributed by atoms with Gasteiger partial charge in [0, 0.05) is 6.07 Å². The van der Waals surface area contributed by atoms with E-state index in [1.54, 1.807) is 12.1 Å². The van der Waals surface area contributed by atoms with Gasteiger partial charge >= 0.3 is 0 Å². The largest absolute Gasteiger partial charge is 0.495 e.